The van der Waals surface area contributed by atoms with Gasteiger partial charge in [-0.15, -0.1) is 0 Å². The van der Waals surface area contributed by atoms with E-state index in [0.29, 0.717) is 23.3 Å². The minimum absolute atomic E-state index is 0.00690. The van der Waals surface area contributed by atoms with E-state index in [1.54, 1.807) is 38.3 Å². The molecule has 1 aliphatic heterocycles. The number of hydrogen-bond acceptors (Lipinski definition) is 5. The normalized spacial score (nSPS) is 14.3. The number of imide groups is 1. The number of ether oxygens (including phenoxy) is 1. The van der Waals surface area contributed by atoms with Crippen molar-refractivity contribution in [1.82, 2.24) is 15.1 Å². The maximum atomic E-state index is 13.3. The van der Waals surface area contributed by atoms with Crippen molar-refractivity contribution in [3.05, 3.63) is 65.2 Å². The lowest BCUT2D eigenvalue weighted by molar-refractivity contribution is -0.141. The first kappa shape index (κ1) is 25.9. The molecule has 0 unspecified atom stereocenters. The number of carbonyl (C=O) groups is 4. The summed E-state index contributed by atoms with van der Waals surface area (Å²) >= 11 is 0. The molecule has 0 bridgehead atoms. The number of benzene rings is 2. The highest BCUT2D eigenvalue weighted by atomic mass is 16.5. The number of fused-ring (bicyclic) bond motifs is 1. The summed E-state index contributed by atoms with van der Waals surface area (Å²) in [6.45, 7) is 5.98. The van der Waals surface area contributed by atoms with Crippen molar-refractivity contribution >= 4 is 23.6 Å². The van der Waals surface area contributed by atoms with Crippen LogP contribution in [0, 0.1) is 0 Å². The van der Waals surface area contributed by atoms with Crippen molar-refractivity contribution in [3.8, 4) is 5.75 Å². The minimum atomic E-state index is -0.693. The summed E-state index contributed by atoms with van der Waals surface area (Å²) in [4.78, 5) is 54.0. The van der Waals surface area contributed by atoms with Gasteiger partial charge in [-0.2, -0.15) is 0 Å². The molecule has 35 heavy (non-hydrogen) atoms. The molecule has 1 aliphatic rings. The van der Waals surface area contributed by atoms with Crippen LogP contribution in [0.5, 0.6) is 5.75 Å². The van der Waals surface area contributed by atoms with Crippen LogP contribution in [0.25, 0.3) is 0 Å². The van der Waals surface area contributed by atoms with Gasteiger partial charge in [-0.05, 0) is 56.5 Å². The van der Waals surface area contributed by atoms with Crippen molar-refractivity contribution in [1.29, 1.82) is 0 Å². The van der Waals surface area contributed by atoms with Gasteiger partial charge in [0.2, 0.25) is 11.8 Å². The summed E-state index contributed by atoms with van der Waals surface area (Å²) in [5.74, 6) is -0.468. The van der Waals surface area contributed by atoms with Gasteiger partial charge in [-0.3, -0.25) is 24.1 Å². The first-order chi connectivity index (χ1) is 16.8. The fraction of sp³-hybridized carbons (Fsp3) is 0.407. The number of hydrogen-bond donors (Lipinski definition) is 1. The van der Waals surface area contributed by atoms with Crippen LogP contribution in [-0.2, 0) is 16.1 Å². The van der Waals surface area contributed by atoms with Crippen LogP contribution >= 0.6 is 0 Å². The van der Waals surface area contributed by atoms with Crippen LogP contribution in [0.3, 0.4) is 0 Å². The highest BCUT2D eigenvalue weighted by Crippen LogP contribution is 2.23. The van der Waals surface area contributed by atoms with E-state index in [4.69, 9.17) is 4.74 Å². The van der Waals surface area contributed by atoms with E-state index in [9.17, 15) is 19.2 Å². The predicted molar refractivity (Wildman–Crippen MR) is 132 cm³/mol. The molecule has 186 valence electrons. The first-order valence-electron chi connectivity index (χ1n) is 11.9. The summed E-state index contributed by atoms with van der Waals surface area (Å²) in [6.07, 6.45) is 1.18. The fourth-order valence-electron chi connectivity index (χ4n) is 3.99. The molecule has 0 aliphatic carbocycles. The molecule has 1 heterocycles. The van der Waals surface area contributed by atoms with Gasteiger partial charge in [0, 0.05) is 25.6 Å². The molecule has 0 aromatic heterocycles. The Bertz CT molecular complexity index is 1060. The lowest BCUT2D eigenvalue weighted by atomic mass is 10.1. The van der Waals surface area contributed by atoms with E-state index in [0.717, 1.165) is 12.0 Å². The monoisotopic (exact) mass is 479 g/mol. The van der Waals surface area contributed by atoms with E-state index in [1.165, 1.54) is 9.80 Å². The Balaban J connectivity index is 1.69. The zero-order valence-corrected chi connectivity index (χ0v) is 20.7. The van der Waals surface area contributed by atoms with E-state index in [-0.39, 0.29) is 49.2 Å². The second-order valence-electron chi connectivity index (χ2n) is 8.78. The second-order valence-corrected chi connectivity index (χ2v) is 8.78. The van der Waals surface area contributed by atoms with Crippen molar-refractivity contribution < 1.29 is 23.9 Å². The van der Waals surface area contributed by atoms with Gasteiger partial charge in [0.25, 0.3) is 11.8 Å². The van der Waals surface area contributed by atoms with Gasteiger partial charge in [-0.1, -0.05) is 31.2 Å². The van der Waals surface area contributed by atoms with Crippen LogP contribution in [0.15, 0.2) is 48.5 Å². The third-order valence-electron chi connectivity index (χ3n) is 6.31. The molecule has 0 saturated carbocycles. The number of nitrogens with one attached hydrogen (secondary N) is 1. The Morgan fingerprint density at radius 2 is 1.69 bits per heavy atom. The van der Waals surface area contributed by atoms with Gasteiger partial charge >= 0.3 is 0 Å². The SMILES string of the molecule is CC[C@@H](C)NC(=O)[C@H](C)N(Cc1cccc(OC)c1)C(=O)CCCN1C(=O)c2ccccc2C1=O. The molecule has 0 saturated heterocycles. The molecule has 0 fully saturated rings. The van der Waals surface area contributed by atoms with Crippen LogP contribution in [0.1, 0.15) is 66.3 Å². The summed E-state index contributed by atoms with van der Waals surface area (Å²) < 4.78 is 5.29. The molecule has 3 rings (SSSR count). The molecule has 2 atom stereocenters. The predicted octanol–water partition coefficient (Wildman–Crippen LogP) is 3.40. The maximum Gasteiger partial charge on any atom is 0.261 e. The Hall–Kier alpha value is -3.68. The molecular weight excluding hydrogens is 446 g/mol. The Labute approximate surface area is 206 Å². The average molecular weight is 480 g/mol. The summed E-state index contributed by atoms with van der Waals surface area (Å²) in [5.41, 5.74) is 1.61. The van der Waals surface area contributed by atoms with Crippen LogP contribution < -0.4 is 10.1 Å². The molecular formula is C27H33N3O5. The molecule has 8 heteroatoms. The number of carbonyl (C=O) groups excluding carboxylic acids is 4. The zero-order valence-electron chi connectivity index (χ0n) is 20.7. The van der Waals surface area contributed by atoms with E-state index in [2.05, 4.69) is 5.32 Å². The molecule has 8 nitrogen and oxygen atoms in total. The highest BCUT2D eigenvalue weighted by Gasteiger charge is 2.35. The fourth-order valence-corrected chi connectivity index (χ4v) is 3.99. The Morgan fingerprint density at radius 1 is 1.03 bits per heavy atom. The van der Waals surface area contributed by atoms with Crippen molar-refractivity contribution in [2.75, 3.05) is 13.7 Å². The zero-order chi connectivity index (χ0) is 25.5. The van der Waals surface area contributed by atoms with Crippen molar-refractivity contribution in [3.63, 3.8) is 0 Å². The Kier molecular flexibility index (Phi) is 8.63. The van der Waals surface area contributed by atoms with Gasteiger partial charge in [0.1, 0.15) is 11.8 Å². The highest BCUT2D eigenvalue weighted by molar-refractivity contribution is 6.21. The van der Waals surface area contributed by atoms with Crippen LogP contribution in [-0.4, -0.2) is 59.2 Å². The van der Waals surface area contributed by atoms with Crippen LogP contribution in [0.4, 0.5) is 0 Å². The molecule has 0 spiro atoms. The van der Waals surface area contributed by atoms with Crippen molar-refractivity contribution in [2.45, 2.75) is 58.7 Å². The van der Waals surface area contributed by atoms with E-state index >= 15 is 0 Å². The number of rotatable bonds is 11. The molecule has 4 amide bonds. The van der Waals surface area contributed by atoms with E-state index < -0.39 is 6.04 Å². The average Bonchev–Trinajstić information content (AvgIpc) is 3.11. The summed E-state index contributed by atoms with van der Waals surface area (Å²) in [7, 11) is 1.57. The number of amides is 4. The largest absolute Gasteiger partial charge is 0.497 e. The summed E-state index contributed by atoms with van der Waals surface area (Å²) in [5, 5.41) is 2.94. The second kappa shape index (κ2) is 11.6. The molecule has 0 radical (unpaired) electrons. The number of nitrogens with zero attached hydrogens (tertiary/aromatic N) is 2. The Morgan fingerprint density at radius 3 is 2.29 bits per heavy atom. The van der Waals surface area contributed by atoms with Crippen molar-refractivity contribution in [2.24, 2.45) is 0 Å². The maximum absolute atomic E-state index is 13.3. The molecule has 2 aromatic rings. The van der Waals surface area contributed by atoms with Gasteiger partial charge < -0.3 is 15.0 Å². The first-order valence-corrected chi connectivity index (χ1v) is 11.9. The third-order valence-corrected chi connectivity index (χ3v) is 6.31. The smallest absolute Gasteiger partial charge is 0.261 e. The van der Waals surface area contributed by atoms with Gasteiger partial charge in [0.15, 0.2) is 0 Å². The number of methoxy groups -OCH3 is 1. The lowest BCUT2D eigenvalue weighted by Gasteiger charge is -2.30. The van der Waals surface area contributed by atoms with Gasteiger partial charge in [0.05, 0.1) is 18.2 Å². The lowest BCUT2D eigenvalue weighted by Crippen LogP contribution is -2.49. The topological polar surface area (TPSA) is 96.0 Å². The van der Waals surface area contributed by atoms with Gasteiger partial charge in [-0.25, -0.2) is 0 Å². The standard InChI is InChI=1S/C27H33N3O5/c1-5-18(2)28-25(32)19(3)30(17-20-10-8-11-21(16-20)35-4)24(31)14-9-15-29-26(33)22-12-6-7-13-23(22)27(29)34/h6-8,10-13,16,18-19H,5,9,14-15,17H2,1-4H3,(H,28,32)/t18-,19+/m1/s1. The molecule has 1 N–H and O–H groups in total. The third kappa shape index (κ3) is 6.07. The minimum Gasteiger partial charge on any atom is -0.497 e. The molecule has 2 aromatic carbocycles. The van der Waals surface area contributed by atoms with Crippen LogP contribution in [0.2, 0.25) is 0 Å². The quantitative estimate of drug-likeness (QED) is 0.499. The van der Waals surface area contributed by atoms with E-state index in [1.807, 2.05) is 38.1 Å². The summed E-state index contributed by atoms with van der Waals surface area (Å²) in [6, 6.07) is 13.4.